The van der Waals surface area contributed by atoms with Gasteiger partial charge in [0.2, 0.25) is 0 Å². The molecule has 0 radical (unpaired) electrons. The van der Waals surface area contributed by atoms with E-state index in [1.165, 1.54) is 0 Å². The van der Waals surface area contributed by atoms with Crippen molar-refractivity contribution in [1.82, 2.24) is 0 Å². The number of hydrogen-bond donors (Lipinski definition) is 1. The topological polar surface area (TPSA) is 29.5 Å². The Morgan fingerprint density at radius 3 is 2.56 bits per heavy atom. The van der Waals surface area contributed by atoms with Gasteiger partial charge in [0.1, 0.15) is 11.9 Å². The predicted octanol–water partition coefficient (Wildman–Crippen LogP) is 1.63. The molecule has 1 aliphatic rings. The summed E-state index contributed by atoms with van der Waals surface area (Å²) in [5.41, 5.74) is 0. The van der Waals surface area contributed by atoms with E-state index >= 15 is 0 Å². The molecule has 0 aliphatic carbocycles. The monoisotopic (exact) mass is 128 g/mol. The number of aliphatic hydroxyl groups is 1. The molecule has 0 spiro atoms. The van der Waals surface area contributed by atoms with Gasteiger partial charge in [0.05, 0.1) is 6.10 Å². The average molecular weight is 128 g/mol. The average Bonchev–Trinajstić information content (AvgIpc) is 2.14. The third-order valence-corrected chi connectivity index (χ3v) is 1.60. The summed E-state index contributed by atoms with van der Waals surface area (Å²) in [7, 11) is 0. The highest BCUT2D eigenvalue weighted by atomic mass is 16.5. The van der Waals surface area contributed by atoms with Gasteiger partial charge >= 0.3 is 0 Å². The lowest BCUT2D eigenvalue weighted by Gasteiger charge is -2.07. The molecule has 9 heavy (non-hydrogen) atoms. The van der Waals surface area contributed by atoms with Gasteiger partial charge in [0.25, 0.3) is 0 Å². The van der Waals surface area contributed by atoms with Crippen LogP contribution < -0.4 is 0 Å². The molecule has 2 unspecified atom stereocenters. The van der Waals surface area contributed by atoms with Gasteiger partial charge in [-0.3, -0.25) is 0 Å². The maximum atomic E-state index is 8.85. The van der Waals surface area contributed by atoms with Gasteiger partial charge in [0, 0.05) is 0 Å². The van der Waals surface area contributed by atoms with Crippen LogP contribution in [-0.2, 0) is 4.74 Å². The lowest BCUT2D eigenvalue weighted by Crippen LogP contribution is -2.09. The van der Waals surface area contributed by atoms with Crippen LogP contribution in [0.5, 0.6) is 0 Å². The van der Waals surface area contributed by atoms with Crippen LogP contribution in [0, 0.1) is 0 Å². The molecule has 2 heteroatoms. The molecule has 52 valence electrons. The number of hydrogen-bond acceptors (Lipinski definition) is 2. The normalized spacial score (nSPS) is 34.8. The van der Waals surface area contributed by atoms with Crippen molar-refractivity contribution in [2.75, 3.05) is 0 Å². The highest BCUT2D eigenvalue weighted by Gasteiger charge is 2.23. The summed E-state index contributed by atoms with van der Waals surface area (Å²) in [5, 5.41) is 8.85. The van der Waals surface area contributed by atoms with Crippen molar-refractivity contribution >= 4 is 0 Å². The minimum Gasteiger partial charge on any atom is -0.510 e. The minimum atomic E-state index is -0.0972. The predicted molar refractivity (Wildman–Crippen MR) is 35.3 cm³/mol. The van der Waals surface area contributed by atoms with Crippen molar-refractivity contribution in [3.63, 3.8) is 0 Å². The first kappa shape index (κ1) is 6.62. The van der Waals surface area contributed by atoms with Crippen LogP contribution in [0.1, 0.15) is 19.8 Å². The minimum absolute atomic E-state index is 0.0972. The summed E-state index contributed by atoms with van der Waals surface area (Å²) < 4.78 is 5.27. The zero-order chi connectivity index (χ0) is 6.85. The molecule has 0 aromatic carbocycles. The molecule has 2 nitrogen and oxygen atoms in total. The van der Waals surface area contributed by atoms with Gasteiger partial charge in [-0.15, -0.1) is 0 Å². The second-order valence-electron chi connectivity index (χ2n) is 2.50. The van der Waals surface area contributed by atoms with Gasteiger partial charge in [-0.05, 0) is 19.8 Å². The molecule has 1 saturated heterocycles. The number of rotatable bonds is 1. The Bertz CT molecular complexity index is 120. The standard InChI is InChI=1S/C7H12O2/c1-5-3-4-7(9-5)6(2)8/h5,7-8H,2-4H2,1H3. The highest BCUT2D eigenvalue weighted by molar-refractivity contribution is 4.93. The third-order valence-electron chi connectivity index (χ3n) is 1.60. The molecule has 0 saturated carbocycles. The summed E-state index contributed by atoms with van der Waals surface area (Å²) in [6.07, 6.45) is 2.14. The van der Waals surface area contributed by atoms with E-state index in [4.69, 9.17) is 9.84 Å². The fourth-order valence-electron chi connectivity index (χ4n) is 1.05. The van der Waals surface area contributed by atoms with Crippen LogP contribution in [-0.4, -0.2) is 17.3 Å². The van der Waals surface area contributed by atoms with Gasteiger partial charge in [0.15, 0.2) is 0 Å². The lowest BCUT2D eigenvalue weighted by molar-refractivity contribution is 0.0529. The Hall–Kier alpha value is -0.500. The highest BCUT2D eigenvalue weighted by Crippen LogP contribution is 2.22. The fourth-order valence-corrected chi connectivity index (χ4v) is 1.05. The van der Waals surface area contributed by atoms with E-state index in [1.54, 1.807) is 0 Å². The lowest BCUT2D eigenvalue weighted by atomic mass is 10.2. The molecular formula is C7H12O2. The molecule has 2 atom stereocenters. The Kier molecular flexibility index (Phi) is 1.76. The summed E-state index contributed by atoms with van der Waals surface area (Å²) in [5.74, 6) is 0.166. The third kappa shape index (κ3) is 1.45. The summed E-state index contributed by atoms with van der Waals surface area (Å²) in [6.45, 7) is 5.41. The zero-order valence-corrected chi connectivity index (χ0v) is 5.63. The first-order valence-corrected chi connectivity index (χ1v) is 3.23. The quantitative estimate of drug-likeness (QED) is 0.544. The number of aliphatic hydroxyl groups excluding tert-OH is 1. The Balaban J connectivity index is 2.39. The maximum Gasteiger partial charge on any atom is 0.114 e. The first-order valence-electron chi connectivity index (χ1n) is 3.23. The van der Waals surface area contributed by atoms with E-state index < -0.39 is 0 Å². The molecule has 0 amide bonds. The molecule has 0 aromatic heterocycles. The zero-order valence-electron chi connectivity index (χ0n) is 5.63. The molecular weight excluding hydrogens is 116 g/mol. The molecule has 1 heterocycles. The summed E-state index contributed by atoms with van der Waals surface area (Å²) in [4.78, 5) is 0. The smallest absolute Gasteiger partial charge is 0.114 e. The van der Waals surface area contributed by atoms with E-state index in [1.807, 2.05) is 6.92 Å². The Labute approximate surface area is 55.1 Å². The van der Waals surface area contributed by atoms with Gasteiger partial charge in [-0.25, -0.2) is 0 Å². The first-order chi connectivity index (χ1) is 4.20. The fraction of sp³-hybridized carbons (Fsp3) is 0.714. The Morgan fingerprint density at radius 1 is 1.67 bits per heavy atom. The number of ether oxygens (including phenoxy) is 1. The SMILES string of the molecule is C=C(O)C1CCC(C)O1. The molecule has 1 rings (SSSR count). The van der Waals surface area contributed by atoms with E-state index in [-0.39, 0.29) is 11.9 Å². The molecule has 0 bridgehead atoms. The van der Waals surface area contributed by atoms with E-state index in [0.717, 1.165) is 12.8 Å². The largest absolute Gasteiger partial charge is 0.510 e. The van der Waals surface area contributed by atoms with Crippen molar-refractivity contribution < 1.29 is 9.84 Å². The molecule has 1 fully saturated rings. The van der Waals surface area contributed by atoms with Crippen molar-refractivity contribution in [3.05, 3.63) is 12.3 Å². The second-order valence-corrected chi connectivity index (χ2v) is 2.50. The van der Waals surface area contributed by atoms with Crippen molar-refractivity contribution in [3.8, 4) is 0 Å². The van der Waals surface area contributed by atoms with Gasteiger partial charge in [-0.2, -0.15) is 0 Å². The summed E-state index contributed by atoms with van der Waals surface area (Å²) >= 11 is 0. The van der Waals surface area contributed by atoms with Crippen LogP contribution in [0.15, 0.2) is 12.3 Å². The van der Waals surface area contributed by atoms with Crippen LogP contribution in [0.25, 0.3) is 0 Å². The van der Waals surface area contributed by atoms with Gasteiger partial charge in [-0.1, -0.05) is 6.58 Å². The summed E-state index contributed by atoms with van der Waals surface area (Å²) in [6, 6.07) is 0. The molecule has 0 aromatic rings. The van der Waals surface area contributed by atoms with Crippen molar-refractivity contribution in [2.45, 2.75) is 32.0 Å². The van der Waals surface area contributed by atoms with Crippen LogP contribution in [0.2, 0.25) is 0 Å². The van der Waals surface area contributed by atoms with E-state index in [9.17, 15) is 0 Å². The molecule has 1 aliphatic heterocycles. The Morgan fingerprint density at radius 2 is 2.33 bits per heavy atom. The van der Waals surface area contributed by atoms with Crippen molar-refractivity contribution in [1.29, 1.82) is 0 Å². The van der Waals surface area contributed by atoms with Crippen molar-refractivity contribution in [2.24, 2.45) is 0 Å². The van der Waals surface area contributed by atoms with E-state index in [0.29, 0.717) is 6.10 Å². The van der Waals surface area contributed by atoms with E-state index in [2.05, 4.69) is 6.58 Å². The van der Waals surface area contributed by atoms with Gasteiger partial charge < -0.3 is 9.84 Å². The van der Waals surface area contributed by atoms with Crippen LogP contribution >= 0.6 is 0 Å². The van der Waals surface area contributed by atoms with Crippen LogP contribution in [0.4, 0.5) is 0 Å². The molecule has 1 N–H and O–H groups in total. The second kappa shape index (κ2) is 2.40. The maximum absolute atomic E-state index is 8.85. The van der Waals surface area contributed by atoms with Crippen LogP contribution in [0.3, 0.4) is 0 Å².